The average Bonchev–Trinajstić information content (AvgIpc) is 2.10. The third-order valence-corrected chi connectivity index (χ3v) is 1.55. The van der Waals surface area contributed by atoms with Crippen LogP contribution in [0.4, 0.5) is 57.5 Å². The maximum atomic E-state index is 12.9. The maximum absolute atomic E-state index is 12.9. The van der Waals surface area contributed by atoms with Gasteiger partial charge in [-0.1, -0.05) is 0 Å². The van der Waals surface area contributed by atoms with Crippen molar-refractivity contribution in [3.05, 3.63) is 0 Å². The minimum atomic E-state index is -7.26. The molecule has 1 unspecified atom stereocenters. The van der Waals surface area contributed by atoms with E-state index in [-0.39, 0.29) is 0 Å². The Morgan fingerprint density at radius 1 is 0.667 bits per heavy atom. The van der Waals surface area contributed by atoms with E-state index in [4.69, 9.17) is 0 Å². The van der Waals surface area contributed by atoms with Crippen molar-refractivity contribution in [3.8, 4) is 0 Å². The van der Waals surface area contributed by atoms with Crippen LogP contribution in [0.5, 0.6) is 0 Å². The van der Waals surface area contributed by atoms with Crippen LogP contribution >= 0.6 is 0 Å². The van der Waals surface area contributed by atoms with Gasteiger partial charge in [0.2, 0.25) is 0 Å². The molecule has 0 N–H and O–H groups in total. The first-order chi connectivity index (χ1) is 8.87. The Balaban J connectivity index is 5.87. The van der Waals surface area contributed by atoms with Crippen LogP contribution in [0.3, 0.4) is 0 Å². The molecular weight excluding hydrogens is 348 g/mol. The van der Waals surface area contributed by atoms with Crippen molar-refractivity contribution in [1.82, 2.24) is 0 Å². The molecule has 3 nitrogen and oxygen atoms in total. The molecule has 0 rings (SSSR count). The van der Waals surface area contributed by atoms with Crippen molar-refractivity contribution in [1.29, 1.82) is 0 Å². The highest BCUT2D eigenvalue weighted by Gasteiger charge is 2.81. The molecule has 0 aliphatic rings. The molecule has 0 aromatic carbocycles. The van der Waals surface area contributed by atoms with Gasteiger partial charge >= 0.3 is 36.6 Å². The second-order valence-electron chi connectivity index (χ2n) is 3.07. The molecule has 0 radical (unpaired) electrons. The highest BCUT2D eigenvalue weighted by atomic mass is 19.4. The van der Waals surface area contributed by atoms with Gasteiger partial charge in [-0.05, 0) is 0 Å². The van der Waals surface area contributed by atoms with Crippen LogP contribution in [0, 0.1) is 0 Å². The largest absolute Gasteiger partial charge is 0.500 e. The van der Waals surface area contributed by atoms with Gasteiger partial charge in [-0.15, -0.1) is 4.39 Å². The van der Waals surface area contributed by atoms with Crippen LogP contribution in [0.2, 0.25) is 0 Å². The SMILES string of the molecule is O=C(F)OC(F)(F)C(F)(OC(F)(F)C(F)(F)F)C(F)(F)F. The molecular formula is C6F12O3. The van der Waals surface area contributed by atoms with Crippen molar-refractivity contribution in [3.63, 3.8) is 0 Å². The molecule has 0 spiro atoms. The fraction of sp³-hybridized carbons (Fsp3) is 0.833. The monoisotopic (exact) mass is 348 g/mol. The number of carbonyl (C=O) groups excluding carboxylic acids is 1. The van der Waals surface area contributed by atoms with E-state index in [1.807, 2.05) is 4.74 Å². The molecule has 0 amide bonds. The lowest BCUT2D eigenvalue weighted by molar-refractivity contribution is -0.523. The number of hydrogen-bond donors (Lipinski definition) is 0. The van der Waals surface area contributed by atoms with Gasteiger partial charge in [-0.2, -0.15) is 48.3 Å². The van der Waals surface area contributed by atoms with Crippen LogP contribution < -0.4 is 0 Å². The lowest BCUT2D eigenvalue weighted by atomic mass is 10.2. The third kappa shape index (κ3) is 3.82. The summed E-state index contributed by atoms with van der Waals surface area (Å²) in [5.74, 6) is -7.18. The topological polar surface area (TPSA) is 35.5 Å². The standard InChI is InChI=1S/C6F12O3/c7-1(19)20-5(15,16)2(8,3(9,10)11)21-6(17,18)4(12,13)14. The summed E-state index contributed by atoms with van der Waals surface area (Å²) >= 11 is 0. The Hall–Kier alpha value is -1.41. The van der Waals surface area contributed by atoms with Crippen LogP contribution in [0.25, 0.3) is 0 Å². The Labute approximate surface area is 105 Å². The van der Waals surface area contributed by atoms with Crippen molar-refractivity contribution in [2.75, 3.05) is 0 Å². The molecule has 1 atom stereocenters. The van der Waals surface area contributed by atoms with Gasteiger partial charge in [-0.25, -0.2) is 4.79 Å². The van der Waals surface area contributed by atoms with Crippen molar-refractivity contribution < 1.29 is 67.0 Å². The number of carbonyl (C=O) groups is 1. The third-order valence-electron chi connectivity index (χ3n) is 1.55. The number of ether oxygens (including phenoxy) is 2. The predicted molar refractivity (Wildman–Crippen MR) is 34.5 cm³/mol. The quantitative estimate of drug-likeness (QED) is 0.567. The Kier molecular flexibility index (Phi) is 4.76. The van der Waals surface area contributed by atoms with Crippen molar-refractivity contribution in [2.45, 2.75) is 30.4 Å². The van der Waals surface area contributed by atoms with Gasteiger partial charge < -0.3 is 4.74 Å². The number of halogens is 12. The maximum Gasteiger partial charge on any atom is 0.500 e. The lowest BCUT2D eigenvalue weighted by Crippen LogP contribution is -2.63. The second kappa shape index (κ2) is 5.10. The number of alkyl halides is 11. The highest BCUT2D eigenvalue weighted by Crippen LogP contribution is 2.52. The molecule has 126 valence electrons. The lowest BCUT2D eigenvalue weighted by Gasteiger charge is -2.35. The summed E-state index contributed by atoms with van der Waals surface area (Å²) in [6.45, 7) is 0. The molecule has 15 heteroatoms. The molecule has 0 saturated carbocycles. The first-order valence-electron chi connectivity index (χ1n) is 4.04. The van der Waals surface area contributed by atoms with Gasteiger partial charge in [0.05, 0.1) is 0 Å². The zero-order valence-electron chi connectivity index (χ0n) is 8.76. The van der Waals surface area contributed by atoms with Gasteiger partial charge in [0.1, 0.15) is 0 Å². The van der Waals surface area contributed by atoms with Gasteiger partial charge in [0.25, 0.3) is 0 Å². The minimum absolute atomic E-state index is 1.48. The van der Waals surface area contributed by atoms with Gasteiger partial charge in [-0.3, -0.25) is 4.74 Å². The van der Waals surface area contributed by atoms with E-state index in [9.17, 15) is 57.5 Å². The van der Waals surface area contributed by atoms with Gasteiger partial charge in [0, 0.05) is 0 Å². The summed E-state index contributed by atoms with van der Waals surface area (Å²) in [6, 6.07) is 0. The number of rotatable bonds is 4. The average molecular weight is 348 g/mol. The molecule has 0 saturated heterocycles. The summed E-state index contributed by atoms with van der Waals surface area (Å²) < 4.78 is 148. The highest BCUT2D eigenvalue weighted by molar-refractivity contribution is 5.58. The van der Waals surface area contributed by atoms with Crippen molar-refractivity contribution in [2.24, 2.45) is 0 Å². The summed E-state index contributed by atoms with van der Waals surface area (Å²) in [5.41, 5.74) is 0. The normalized spacial score (nSPS) is 17.3. The van der Waals surface area contributed by atoms with Crippen molar-refractivity contribution >= 4 is 6.22 Å². The van der Waals surface area contributed by atoms with E-state index in [0.717, 1.165) is 0 Å². The van der Waals surface area contributed by atoms with E-state index >= 15 is 0 Å². The molecule has 0 aliphatic carbocycles. The smallest absolute Gasteiger partial charge is 0.370 e. The minimum Gasteiger partial charge on any atom is -0.370 e. The molecule has 0 bridgehead atoms. The van der Waals surface area contributed by atoms with Gasteiger partial charge in [0.15, 0.2) is 0 Å². The number of hydrogen-bond acceptors (Lipinski definition) is 3. The Bertz CT molecular complexity index is 397. The molecule has 0 heterocycles. The second-order valence-corrected chi connectivity index (χ2v) is 3.07. The zero-order chi connectivity index (χ0) is 17.5. The molecule has 0 aromatic heterocycles. The van der Waals surface area contributed by atoms with E-state index < -0.39 is 36.6 Å². The van der Waals surface area contributed by atoms with E-state index in [2.05, 4.69) is 0 Å². The summed E-state index contributed by atoms with van der Waals surface area (Å²) in [5, 5.41) is 0. The van der Waals surface area contributed by atoms with Crippen LogP contribution in [0.1, 0.15) is 0 Å². The Morgan fingerprint density at radius 2 is 1.05 bits per heavy atom. The van der Waals surface area contributed by atoms with Crippen LogP contribution in [-0.2, 0) is 9.47 Å². The molecule has 0 aliphatic heterocycles. The summed E-state index contributed by atoms with van der Waals surface area (Å²) in [6.07, 6.45) is -32.0. The molecule has 0 aromatic rings. The van der Waals surface area contributed by atoms with E-state index in [1.165, 1.54) is 4.74 Å². The first kappa shape index (κ1) is 19.6. The van der Waals surface area contributed by atoms with E-state index in [0.29, 0.717) is 0 Å². The van der Waals surface area contributed by atoms with Crippen LogP contribution in [-0.4, -0.2) is 36.6 Å². The fourth-order valence-corrected chi connectivity index (χ4v) is 0.683. The summed E-state index contributed by atoms with van der Waals surface area (Å²) in [4.78, 5) is 9.43. The fourth-order valence-electron chi connectivity index (χ4n) is 0.683. The van der Waals surface area contributed by atoms with Crippen LogP contribution in [0.15, 0.2) is 0 Å². The molecule has 21 heavy (non-hydrogen) atoms. The Morgan fingerprint density at radius 3 is 1.29 bits per heavy atom. The van der Waals surface area contributed by atoms with E-state index in [1.54, 1.807) is 0 Å². The summed E-state index contributed by atoms with van der Waals surface area (Å²) in [7, 11) is 0. The first-order valence-corrected chi connectivity index (χ1v) is 4.04. The zero-order valence-corrected chi connectivity index (χ0v) is 8.76. The predicted octanol–water partition coefficient (Wildman–Crippen LogP) is 4.09. The molecule has 0 fully saturated rings.